The van der Waals surface area contributed by atoms with Gasteiger partial charge in [0.25, 0.3) is 11.8 Å². The van der Waals surface area contributed by atoms with Crippen molar-refractivity contribution in [2.24, 2.45) is 0 Å². The van der Waals surface area contributed by atoms with E-state index in [0.717, 1.165) is 0 Å². The minimum atomic E-state index is -0.837. The number of benzene rings is 3. The number of hydrogen-bond acceptors (Lipinski definition) is 4. The smallest absolute Gasteiger partial charge is 0.265 e. The van der Waals surface area contributed by atoms with Gasteiger partial charge in [-0.15, -0.1) is 0 Å². The van der Waals surface area contributed by atoms with Crippen molar-refractivity contribution in [3.63, 3.8) is 0 Å². The molecular weight excluding hydrogens is 366 g/mol. The Hall–Kier alpha value is -4.11. The number of para-hydroxylation sites is 2. The first-order valence-electron chi connectivity index (χ1n) is 9.00. The van der Waals surface area contributed by atoms with Gasteiger partial charge >= 0.3 is 0 Å². The van der Waals surface area contributed by atoms with Gasteiger partial charge in [0.15, 0.2) is 6.10 Å². The number of hydrogen-bond donors (Lipinski definition) is 2. The maximum atomic E-state index is 12.6. The molecule has 0 radical (unpaired) electrons. The molecular formula is C23H19N3O3. The highest BCUT2D eigenvalue weighted by molar-refractivity contribution is 6.06. The Morgan fingerprint density at radius 2 is 1.48 bits per heavy atom. The highest BCUT2D eigenvalue weighted by Gasteiger charge is 2.19. The molecule has 0 bridgehead atoms. The fourth-order valence-electron chi connectivity index (χ4n) is 2.59. The third-order valence-corrected chi connectivity index (χ3v) is 4.12. The van der Waals surface area contributed by atoms with E-state index in [1.54, 1.807) is 67.6 Å². The SMILES string of the molecule is C[C@@H](Oc1ccccc1C(=O)Nc1ccccc1)C(=O)Nc1ccc(C#N)cc1. The molecule has 29 heavy (non-hydrogen) atoms. The van der Waals surface area contributed by atoms with E-state index in [0.29, 0.717) is 28.3 Å². The van der Waals surface area contributed by atoms with Crippen LogP contribution in [0.1, 0.15) is 22.8 Å². The Labute approximate surface area is 168 Å². The van der Waals surface area contributed by atoms with E-state index >= 15 is 0 Å². The van der Waals surface area contributed by atoms with Crippen molar-refractivity contribution < 1.29 is 14.3 Å². The molecule has 0 heterocycles. The van der Waals surface area contributed by atoms with Gasteiger partial charge in [-0.3, -0.25) is 9.59 Å². The molecule has 2 N–H and O–H groups in total. The number of nitrogens with zero attached hydrogens (tertiary/aromatic N) is 1. The van der Waals surface area contributed by atoms with Gasteiger partial charge < -0.3 is 15.4 Å². The molecule has 144 valence electrons. The summed E-state index contributed by atoms with van der Waals surface area (Å²) in [4.78, 5) is 25.1. The molecule has 0 unspecified atom stereocenters. The van der Waals surface area contributed by atoms with Crippen LogP contribution in [0, 0.1) is 11.3 Å². The summed E-state index contributed by atoms with van der Waals surface area (Å²) in [5.41, 5.74) is 2.05. The van der Waals surface area contributed by atoms with Crippen LogP contribution in [0.4, 0.5) is 11.4 Å². The van der Waals surface area contributed by atoms with E-state index in [1.165, 1.54) is 0 Å². The van der Waals surface area contributed by atoms with Gasteiger partial charge in [0.1, 0.15) is 5.75 Å². The molecule has 0 aliphatic heterocycles. The lowest BCUT2D eigenvalue weighted by Crippen LogP contribution is -2.30. The van der Waals surface area contributed by atoms with Crippen molar-refractivity contribution >= 4 is 23.2 Å². The first-order chi connectivity index (χ1) is 14.1. The van der Waals surface area contributed by atoms with E-state index in [2.05, 4.69) is 10.6 Å². The molecule has 0 aromatic heterocycles. The zero-order valence-electron chi connectivity index (χ0n) is 15.8. The fraction of sp³-hybridized carbons (Fsp3) is 0.0870. The number of ether oxygens (including phenoxy) is 1. The quantitative estimate of drug-likeness (QED) is 0.665. The Kier molecular flexibility index (Phi) is 6.23. The molecule has 6 nitrogen and oxygen atoms in total. The predicted molar refractivity (Wildman–Crippen MR) is 111 cm³/mol. The summed E-state index contributed by atoms with van der Waals surface area (Å²) in [6.07, 6.45) is -0.837. The highest BCUT2D eigenvalue weighted by Crippen LogP contribution is 2.21. The molecule has 0 saturated carbocycles. The molecule has 3 rings (SSSR count). The van der Waals surface area contributed by atoms with Gasteiger partial charge in [-0.25, -0.2) is 0 Å². The minimum Gasteiger partial charge on any atom is -0.480 e. The first kappa shape index (κ1) is 19.6. The Bertz CT molecular complexity index is 1040. The normalized spacial score (nSPS) is 11.0. The van der Waals surface area contributed by atoms with Crippen LogP contribution < -0.4 is 15.4 Å². The summed E-state index contributed by atoms with van der Waals surface area (Å²) in [7, 11) is 0. The van der Waals surface area contributed by atoms with Crippen LogP contribution in [0.25, 0.3) is 0 Å². The zero-order valence-corrected chi connectivity index (χ0v) is 15.8. The van der Waals surface area contributed by atoms with Crippen molar-refractivity contribution in [1.82, 2.24) is 0 Å². The average molecular weight is 385 g/mol. The number of carbonyl (C=O) groups is 2. The monoisotopic (exact) mass is 385 g/mol. The lowest BCUT2D eigenvalue weighted by Gasteiger charge is -2.17. The first-order valence-corrected chi connectivity index (χ1v) is 9.00. The minimum absolute atomic E-state index is 0.309. The van der Waals surface area contributed by atoms with E-state index < -0.39 is 6.10 Å². The van der Waals surface area contributed by atoms with Crippen LogP contribution in [-0.2, 0) is 4.79 Å². The summed E-state index contributed by atoms with van der Waals surface area (Å²) < 4.78 is 5.76. The summed E-state index contributed by atoms with van der Waals surface area (Å²) in [6, 6.07) is 24.4. The van der Waals surface area contributed by atoms with Gasteiger partial charge in [-0.1, -0.05) is 30.3 Å². The molecule has 0 spiro atoms. The number of nitrogens with one attached hydrogen (secondary N) is 2. The molecule has 2 amide bonds. The molecule has 3 aromatic carbocycles. The number of nitriles is 1. The maximum Gasteiger partial charge on any atom is 0.265 e. The topological polar surface area (TPSA) is 91.2 Å². The van der Waals surface area contributed by atoms with Crippen LogP contribution in [0.2, 0.25) is 0 Å². The zero-order chi connectivity index (χ0) is 20.6. The maximum absolute atomic E-state index is 12.6. The largest absolute Gasteiger partial charge is 0.480 e. The summed E-state index contributed by atoms with van der Waals surface area (Å²) in [5.74, 6) is -0.386. The number of rotatable bonds is 6. The van der Waals surface area contributed by atoms with Crippen LogP contribution in [0.15, 0.2) is 78.9 Å². The van der Waals surface area contributed by atoms with E-state index in [-0.39, 0.29) is 11.8 Å². The van der Waals surface area contributed by atoms with E-state index in [9.17, 15) is 9.59 Å². The summed E-state index contributed by atoms with van der Waals surface area (Å²) >= 11 is 0. The molecule has 3 aromatic rings. The standard InChI is InChI=1S/C23H19N3O3/c1-16(22(27)25-19-13-11-17(15-24)12-14-19)29-21-10-6-5-9-20(21)23(28)26-18-7-3-2-4-8-18/h2-14,16H,1H3,(H,25,27)(H,26,28)/t16-/m1/s1. The van der Waals surface area contributed by atoms with Gasteiger partial charge in [0.2, 0.25) is 0 Å². The Morgan fingerprint density at radius 1 is 0.862 bits per heavy atom. The molecule has 6 heteroatoms. The van der Waals surface area contributed by atoms with Crippen LogP contribution in [0.3, 0.4) is 0 Å². The lowest BCUT2D eigenvalue weighted by molar-refractivity contribution is -0.122. The molecule has 0 aliphatic rings. The average Bonchev–Trinajstić information content (AvgIpc) is 2.75. The molecule has 1 atom stereocenters. The highest BCUT2D eigenvalue weighted by atomic mass is 16.5. The van der Waals surface area contributed by atoms with Crippen LogP contribution in [0.5, 0.6) is 5.75 Å². The molecule has 0 aliphatic carbocycles. The van der Waals surface area contributed by atoms with Crippen molar-refractivity contribution in [3.8, 4) is 11.8 Å². The molecule has 0 saturated heterocycles. The van der Waals surface area contributed by atoms with E-state index in [4.69, 9.17) is 10.00 Å². The van der Waals surface area contributed by atoms with Gasteiger partial charge in [0, 0.05) is 11.4 Å². The summed E-state index contributed by atoms with van der Waals surface area (Å²) in [5, 5.41) is 14.4. The second-order valence-electron chi connectivity index (χ2n) is 6.25. The lowest BCUT2D eigenvalue weighted by atomic mass is 10.1. The van der Waals surface area contributed by atoms with Gasteiger partial charge in [-0.05, 0) is 55.5 Å². The van der Waals surface area contributed by atoms with Crippen molar-refractivity contribution in [2.75, 3.05) is 10.6 Å². The van der Waals surface area contributed by atoms with Gasteiger partial charge in [0.05, 0.1) is 17.2 Å². The summed E-state index contributed by atoms with van der Waals surface area (Å²) in [6.45, 7) is 1.60. The number of carbonyl (C=O) groups excluding carboxylic acids is 2. The third-order valence-electron chi connectivity index (χ3n) is 4.12. The van der Waals surface area contributed by atoms with Crippen molar-refractivity contribution in [2.45, 2.75) is 13.0 Å². The predicted octanol–water partition coefficient (Wildman–Crippen LogP) is 4.22. The van der Waals surface area contributed by atoms with Crippen molar-refractivity contribution in [1.29, 1.82) is 5.26 Å². The van der Waals surface area contributed by atoms with Crippen LogP contribution >= 0.6 is 0 Å². The molecule has 0 fully saturated rings. The fourth-order valence-corrected chi connectivity index (χ4v) is 2.59. The Morgan fingerprint density at radius 3 is 2.17 bits per heavy atom. The number of amides is 2. The van der Waals surface area contributed by atoms with Crippen LogP contribution in [-0.4, -0.2) is 17.9 Å². The van der Waals surface area contributed by atoms with Gasteiger partial charge in [-0.2, -0.15) is 5.26 Å². The Balaban J connectivity index is 1.68. The van der Waals surface area contributed by atoms with E-state index in [1.807, 2.05) is 24.3 Å². The number of anilines is 2. The van der Waals surface area contributed by atoms with Crippen molar-refractivity contribution in [3.05, 3.63) is 90.0 Å². The second-order valence-corrected chi connectivity index (χ2v) is 6.25. The second kappa shape index (κ2) is 9.20. The third kappa shape index (κ3) is 5.21.